The largest absolute Gasteiger partial charge is 0.394 e. The second kappa shape index (κ2) is 6.46. The van der Waals surface area contributed by atoms with Gasteiger partial charge in [0.2, 0.25) is 0 Å². The van der Waals surface area contributed by atoms with Gasteiger partial charge >= 0.3 is 0 Å². The molecule has 3 nitrogen and oxygen atoms in total. The van der Waals surface area contributed by atoms with Gasteiger partial charge in [0.15, 0.2) is 0 Å². The summed E-state index contributed by atoms with van der Waals surface area (Å²) in [5.74, 6) is 0. The fourth-order valence-electron chi connectivity index (χ4n) is 1.26. The standard InChI is InChI=1S/C12H27NO2/c1-6-13-12(5,9-14)10-15-8-7-11(2,3)4/h13-14H,6-10H2,1-5H3. The minimum atomic E-state index is -0.299. The van der Waals surface area contributed by atoms with Gasteiger partial charge in [0.1, 0.15) is 0 Å². The molecule has 0 aromatic heterocycles. The van der Waals surface area contributed by atoms with Crippen LogP contribution in [0.1, 0.15) is 41.0 Å². The van der Waals surface area contributed by atoms with Crippen LogP contribution in [-0.4, -0.2) is 37.0 Å². The van der Waals surface area contributed by atoms with E-state index in [1.165, 1.54) is 0 Å². The second-order valence-electron chi connectivity index (χ2n) is 5.61. The molecule has 0 aromatic carbocycles. The zero-order chi connectivity index (χ0) is 11.9. The van der Waals surface area contributed by atoms with Crippen molar-refractivity contribution in [3.8, 4) is 0 Å². The van der Waals surface area contributed by atoms with Crippen molar-refractivity contribution in [3.63, 3.8) is 0 Å². The summed E-state index contributed by atoms with van der Waals surface area (Å²) in [6.45, 7) is 12.9. The second-order valence-corrected chi connectivity index (χ2v) is 5.61. The molecule has 0 heterocycles. The summed E-state index contributed by atoms with van der Waals surface area (Å²) in [4.78, 5) is 0. The molecule has 0 aliphatic carbocycles. The predicted molar refractivity (Wildman–Crippen MR) is 64.1 cm³/mol. The lowest BCUT2D eigenvalue weighted by Crippen LogP contribution is -2.49. The number of rotatable bonds is 7. The molecule has 0 spiro atoms. The molecule has 2 N–H and O–H groups in total. The van der Waals surface area contributed by atoms with Crippen molar-refractivity contribution in [3.05, 3.63) is 0 Å². The van der Waals surface area contributed by atoms with Gasteiger partial charge < -0.3 is 15.2 Å². The number of hydrogen-bond acceptors (Lipinski definition) is 3. The van der Waals surface area contributed by atoms with Crippen LogP contribution in [0.25, 0.3) is 0 Å². The van der Waals surface area contributed by atoms with Gasteiger partial charge in [0.05, 0.1) is 18.8 Å². The van der Waals surface area contributed by atoms with Crippen molar-refractivity contribution in [1.82, 2.24) is 5.32 Å². The van der Waals surface area contributed by atoms with Gasteiger partial charge in [-0.1, -0.05) is 27.7 Å². The van der Waals surface area contributed by atoms with Crippen LogP contribution in [-0.2, 0) is 4.74 Å². The zero-order valence-electron chi connectivity index (χ0n) is 10.9. The molecule has 0 bridgehead atoms. The van der Waals surface area contributed by atoms with Gasteiger partial charge in [-0.2, -0.15) is 0 Å². The van der Waals surface area contributed by atoms with Crippen LogP contribution in [0.5, 0.6) is 0 Å². The molecule has 0 fully saturated rings. The SMILES string of the molecule is CCNC(C)(CO)COCCC(C)(C)C. The van der Waals surface area contributed by atoms with Gasteiger partial charge in [0, 0.05) is 6.61 Å². The summed E-state index contributed by atoms with van der Waals surface area (Å²) < 4.78 is 5.60. The lowest BCUT2D eigenvalue weighted by Gasteiger charge is -2.28. The number of ether oxygens (including phenoxy) is 1. The highest BCUT2D eigenvalue weighted by molar-refractivity contribution is 4.81. The smallest absolute Gasteiger partial charge is 0.0668 e. The van der Waals surface area contributed by atoms with E-state index in [4.69, 9.17) is 4.74 Å². The average Bonchev–Trinajstić information content (AvgIpc) is 2.12. The first-order chi connectivity index (χ1) is 6.83. The maximum absolute atomic E-state index is 9.23. The van der Waals surface area contributed by atoms with Crippen LogP contribution in [0.2, 0.25) is 0 Å². The van der Waals surface area contributed by atoms with Crippen molar-refractivity contribution in [2.75, 3.05) is 26.4 Å². The fourth-order valence-corrected chi connectivity index (χ4v) is 1.26. The number of aliphatic hydroxyl groups is 1. The van der Waals surface area contributed by atoms with Crippen LogP contribution >= 0.6 is 0 Å². The molecule has 0 saturated heterocycles. The van der Waals surface area contributed by atoms with Crippen molar-refractivity contribution in [2.45, 2.75) is 46.6 Å². The molecule has 0 amide bonds. The first kappa shape index (κ1) is 14.9. The van der Waals surface area contributed by atoms with Crippen LogP contribution in [0.3, 0.4) is 0 Å². The molecule has 0 aliphatic rings. The highest BCUT2D eigenvalue weighted by Gasteiger charge is 2.22. The van der Waals surface area contributed by atoms with Crippen LogP contribution < -0.4 is 5.32 Å². The monoisotopic (exact) mass is 217 g/mol. The summed E-state index contributed by atoms with van der Waals surface area (Å²) in [7, 11) is 0. The maximum Gasteiger partial charge on any atom is 0.0668 e. The quantitative estimate of drug-likeness (QED) is 0.639. The normalized spacial score (nSPS) is 16.4. The van der Waals surface area contributed by atoms with E-state index in [0.717, 1.165) is 19.6 Å². The molecule has 0 saturated carbocycles. The van der Waals surface area contributed by atoms with E-state index >= 15 is 0 Å². The van der Waals surface area contributed by atoms with E-state index in [1.807, 2.05) is 13.8 Å². The molecule has 0 aromatic rings. The highest BCUT2D eigenvalue weighted by atomic mass is 16.5. The molecule has 92 valence electrons. The van der Waals surface area contributed by atoms with Crippen LogP contribution in [0.4, 0.5) is 0 Å². The van der Waals surface area contributed by atoms with Crippen LogP contribution in [0, 0.1) is 5.41 Å². The van der Waals surface area contributed by atoms with Crippen molar-refractivity contribution < 1.29 is 9.84 Å². The summed E-state index contributed by atoms with van der Waals surface area (Å²) in [6.07, 6.45) is 1.04. The van der Waals surface area contributed by atoms with Crippen LogP contribution in [0.15, 0.2) is 0 Å². The fraction of sp³-hybridized carbons (Fsp3) is 1.00. The molecule has 15 heavy (non-hydrogen) atoms. The lowest BCUT2D eigenvalue weighted by atomic mass is 9.93. The van der Waals surface area contributed by atoms with E-state index in [-0.39, 0.29) is 12.1 Å². The Balaban J connectivity index is 3.73. The summed E-state index contributed by atoms with van der Waals surface area (Å²) in [6, 6.07) is 0. The van der Waals surface area contributed by atoms with Crippen molar-refractivity contribution >= 4 is 0 Å². The van der Waals surface area contributed by atoms with Crippen molar-refractivity contribution in [2.24, 2.45) is 5.41 Å². The number of aliphatic hydroxyl groups excluding tert-OH is 1. The van der Waals surface area contributed by atoms with E-state index in [1.54, 1.807) is 0 Å². The third-order valence-electron chi connectivity index (χ3n) is 2.37. The zero-order valence-corrected chi connectivity index (χ0v) is 10.9. The summed E-state index contributed by atoms with van der Waals surface area (Å²) in [5, 5.41) is 12.5. The maximum atomic E-state index is 9.23. The molecule has 0 radical (unpaired) electrons. The Hall–Kier alpha value is -0.120. The first-order valence-electron chi connectivity index (χ1n) is 5.76. The van der Waals surface area contributed by atoms with Gasteiger partial charge in [0.25, 0.3) is 0 Å². The molecule has 3 heteroatoms. The van der Waals surface area contributed by atoms with Gasteiger partial charge in [-0.25, -0.2) is 0 Å². The molecular weight excluding hydrogens is 190 g/mol. The van der Waals surface area contributed by atoms with E-state index in [2.05, 4.69) is 26.1 Å². The molecule has 1 unspecified atom stereocenters. The van der Waals surface area contributed by atoms with Gasteiger partial charge in [-0.05, 0) is 25.3 Å². The van der Waals surface area contributed by atoms with E-state index in [0.29, 0.717) is 12.0 Å². The third kappa shape index (κ3) is 7.77. The van der Waals surface area contributed by atoms with Gasteiger partial charge in [-0.15, -0.1) is 0 Å². The minimum Gasteiger partial charge on any atom is -0.394 e. The minimum absolute atomic E-state index is 0.107. The number of likely N-dealkylation sites (N-methyl/N-ethyl adjacent to an activating group) is 1. The third-order valence-corrected chi connectivity index (χ3v) is 2.37. The topological polar surface area (TPSA) is 41.5 Å². The molecule has 0 rings (SSSR count). The average molecular weight is 217 g/mol. The number of hydrogen-bond donors (Lipinski definition) is 2. The Morgan fingerprint density at radius 2 is 1.80 bits per heavy atom. The summed E-state index contributed by atoms with van der Waals surface area (Å²) >= 11 is 0. The first-order valence-corrected chi connectivity index (χ1v) is 5.76. The summed E-state index contributed by atoms with van der Waals surface area (Å²) in [5.41, 5.74) is 0.0143. The Morgan fingerprint density at radius 3 is 2.20 bits per heavy atom. The molecular formula is C12H27NO2. The predicted octanol–water partition coefficient (Wildman–Crippen LogP) is 1.80. The van der Waals surface area contributed by atoms with E-state index in [9.17, 15) is 5.11 Å². The number of nitrogens with one attached hydrogen (secondary N) is 1. The Morgan fingerprint density at radius 1 is 1.20 bits per heavy atom. The van der Waals surface area contributed by atoms with Gasteiger partial charge in [-0.3, -0.25) is 0 Å². The highest BCUT2D eigenvalue weighted by Crippen LogP contribution is 2.18. The molecule has 1 atom stereocenters. The Bertz CT molecular complexity index is 165. The Labute approximate surface area is 94.2 Å². The lowest BCUT2D eigenvalue weighted by molar-refractivity contribution is 0.0348. The molecule has 0 aliphatic heterocycles. The van der Waals surface area contributed by atoms with Crippen molar-refractivity contribution in [1.29, 1.82) is 0 Å². The van der Waals surface area contributed by atoms with E-state index < -0.39 is 0 Å². The Kier molecular flexibility index (Phi) is 6.41.